The van der Waals surface area contributed by atoms with Crippen LogP contribution in [0.1, 0.15) is 11.8 Å². The summed E-state index contributed by atoms with van der Waals surface area (Å²) in [7, 11) is 3.03. The minimum Gasteiger partial charge on any atom is -0.494 e. The molecule has 0 radical (unpaired) electrons. The topological polar surface area (TPSA) is 77.1 Å². The van der Waals surface area contributed by atoms with E-state index in [2.05, 4.69) is 5.32 Å². The molecule has 0 bridgehead atoms. The largest absolute Gasteiger partial charge is 0.494 e. The highest BCUT2D eigenvalue weighted by molar-refractivity contribution is 7.11. The third-order valence-corrected chi connectivity index (χ3v) is 5.78. The van der Waals surface area contributed by atoms with Crippen LogP contribution >= 0.6 is 11.3 Å². The number of imide groups is 1. The Kier molecular flexibility index (Phi) is 6.13. The van der Waals surface area contributed by atoms with Crippen molar-refractivity contribution in [1.29, 1.82) is 0 Å². The molecule has 0 spiro atoms. The average Bonchev–Trinajstić information content (AvgIpc) is 3.40. The van der Waals surface area contributed by atoms with E-state index in [0.29, 0.717) is 45.7 Å². The van der Waals surface area contributed by atoms with Crippen LogP contribution in [-0.2, 0) is 9.59 Å². The first-order valence-corrected chi connectivity index (χ1v) is 10.8. The number of carbonyl (C=O) groups is 2. The van der Waals surface area contributed by atoms with E-state index in [1.807, 2.05) is 42.6 Å². The Hall–Kier alpha value is -3.78. The second-order valence-electron chi connectivity index (χ2n) is 6.80. The lowest BCUT2D eigenvalue weighted by Gasteiger charge is -2.17. The molecule has 0 atom stereocenters. The molecule has 1 aliphatic heterocycles. The van der Waals surface area contributed by atoms with Gasteiger partial charge in [-0.3, -0.25) is 9.59 Å². The number of nitrogens with zero attached hydrogens (tertiary/aromatic N) is 1. The van der Waals surface area contributed by atoms with Crippen molar-refractivity contribution in [3.8, 4) is 17.2 Å². The molecular formula is C24H22N2O5S. The van der Waals surface area contributed by atoms with Crippen molar-refractivity contribution in [2.24, 2.45) is 0 Å². The number of thiophene rings is 1. The molecule has 0 unspecified atom stereocenters. The predicted octanol–water partition coefficient (Wildman–Crippen LogP) is 4.56. The number of rotatable bonds is 8. The van der Waals surface area contributed by atoms with Crippen LogP contribution in [0.4, 0.5) is 11.4 Å². The number of anilines is 2. The van der Waals surface area contributed by atoms with E-state index in [4.69, 9.17) is 14.2 Å². The highest BCUT2D eigenvalue weighted by atomic mass is 32.1. The van der Waals surface area contributed by atoms with Gasteiger partial charge in [0.25, 0.3) is 11.8 Å². The van der Waals surface area contributed by atoms with E-state index in [1.165, 1.54) is 25.6 Å². The highest BCUT2D eigenvalue weighted by Crippen LogP contribution is 2.38. The molecular weight excluding hydrogens is 428 g/mol. The molecule has 0 fully saturated rings. The van der Waals surface area contributed by atoms with E-state index >= 15 is 0 Å². The molecule has 2 amide bonds. The third-order valence-electron chi connectivity index (χ3n) is 4.89. The number of ether oxygens (including phenoxy) is 3. The van der Waals surface area contributed by atoms with Crippen LogP contribution in [0.25, 0.3) is 5.57 Å². The summed E-state index contributed by atoms with van der Waals surface area (Å²) in [6, 6.07) is 15.9. The molecule has 1 N–H and O–H groups in total. The van der Waals surface area contributed by atoms with Crippen molar-refractivity contribution in [1.82, 2.24) is 0 Å². The zero-order chi connectivity index (χ0) is 22.7. The molecule has 1 aliphatic rings. The van der Waals surface area contributed by atoms with Crippen LogP contribution in [0.2, 0.25) is 0 Å². The monoisotopic (exact) mass is 450 g/mol. The van der Waals surface area contributed by atoms with Gasteiger partial charge < -0.3 is 19.5 Å². The second-order valence-corrected chi connectivity index (χ2v) is 7.75. The number of carbonyl (C=O) groups excluding carboxylic acids is 2. The van der Waals surface area contributed by atoms with E-state index in [1.54, 1.807) is 24.3 Å². The third kappa shape index (κ3) is 3.92. The van der Waals surface area contributed by atoms with E-state index in [0.717, 1.165) is 4.90 Å². The summed E-state index contributed by atoms with van der Waals surface area (Å²) in [5.74, 6) is 0.742. The fourth-order valence-electron chi connectivity index (χ4n) is 3.47. The molecule has 4 rings (SSSR count). The van der Waals surface area contributed by atoms with Gasteiger partial charge in [-0.15, -0.1) is 11.3 Å². The first-order chi connectivity index (χ1) is 15.6. The molecule has 3 aromatic rings. The average molecular weight is 451 g/mol. The zero-order valence-electron chi connectivity index (χ0n) is 17.9. The van der Waals surface area contributed by atoms with Gasteiger partial charge in [0.1, 0.15) is 11.4 Å². The van der Waals surface area contributed by atoms with Crippen LogP contribution in [0.15, 0.2) is 65.7 Å². The predicted molar refractivity (Wildman–Crippen MR) is 125 cm³/mol. The Balaban J connectivity index is 1.76. The summed E-state index contributed by atoms with van der Waals surface area (Å²) in [5, 5.41) is 5.01. The van der Waals surface area contributed by atoms with Gasteiger partial charge >= 0.3 is 0 Å². The Morgan fingerprint density at radius 3 is 2.44 bits per heavy atom. The summed E-state index contributed by atoms with van der Waals surface area (Å²) < 4.78 is 16.2. The van der Waals surface area contributed by atoms with Crippen molar-refractivity contribution in [2.45, 2.75) is 6.92 Å². The van der Waals surface area contributed by atoms with Gasteiger partial charge in [-0.2, -0.15) is 0 Å². The summed E-state index contributed by atoms with van der Waals surface area (Å²) >= 11 is 1.40. The first kappa shape index (κ1) is 21.5. The smallest absolute Gasteiger partial charge is 0.282 e. The van der Waals surface area contributed by atoms with Gasteiger partial charge in [-0.05, 0) is 42.6 Å². The number of hydrogen-bond acceptors (Lipinski definition) is 7. The number of nitrogens with one attached hydrogen (secondary N) is 1. The summed E-state index contributed by atoms with van der Waals surface area (Å²) in [6.45, 7) is 2.43. The lowest BCUT2D eigenvalue weighted by Crippen LogP contribution is -2.32. The van der Waals surface area contributed by atoms with E-state index in [-0.39, 0.29) is 5.70 Å². The summed E-state index contributed by atoms with van der Waals surface area (Å²) in [6.07, 6.45) is 0. The maximum atomic E-state index is 13.5. The normalized spacial score (nSPS) is 13.5. The standard InChI is InChI=1S/C24H22N2O5S/c1-4-31-17-8-5-7-15(13-17)25-22-21(20-9-6-12-32-20)23(27)26(24(22)28)16-10-11-18(29-2)19(14-16)30-3/h5-14,25H,4H2,1-3H3. The van der Waals surface area contributed by atoms with Crippen LogP contribution in [0.5, 0.6) is 17.2 Å². The minimum absolute atomic E-state index is 0.209. The quantitative estimate of drug-likeness (QED) is 0.507. The summed E-state index contributed by atoms with van der Waals surface area (Å²) in [5.41, 5.74) is 1.57. The number of methoxy groups -OCH3 is 2. The molecule has 1 aromatic heterocycles. The first-order valence-electron chi connectivity index (χ1n) is 9.96. The van der Waals surface area contributed by atoms with E-state index < -0.39 is 11.8 Å². The lowest BCUT2D eigenvalue weighted by molar-refractivity contribution is -0.120. The van der Waals surface area contributed by atoms with Crippen molar-refractivity contribution in [2.75, 3.05) is 31.0 Å². The van der Waals surface area contributed by atoms with Crippen LogP contribution < -0.4 is 24.4 Å². The minimum atomic E-state index is -0.451. The van der Waals surface area contributed by atoms with E-state index in [9.17, 15) is 9.59 Å². The van der Waals surface area contributed by atoms with Gasteiger partial charge in [0.05, 0.1) is 32.1 Å². The Labute approximate surface area is 189 Å². The van der Waals surface area contributed by atoms with Crippen molar-refractivity contribution in [3.05, 3.63) is 70.6 Å². The van der Waals surface area contributed by atoms with Crippen LogP contribution in [0.3, 0.4) is 0 Å². The molecule has 0 aliphatic carbocycles. The number of amides is 2. The second kappa shape index (κ2) is 9.15. The van der Waals surface area contributed by atoms with Crippen molar-refractivity contribution in [3.63, 3.8) is 0 Å². The number of benzene rings is 2. The Bertz CT molecular complexity index is 1190. The van der Waals surface area contributed by atoms with Gasteiger partial charge in [0, 0.05) is 22.7 Å². The lowest BCUT2D eigenvalue weighted by atomic mass is 10.2. The SMILES string of the molecule is CCOc1cccc(NC2=C(c3cccs3)C(=O)N(c3ccc(OC)c(OC)c3)C2=O)c1. The van der Waals surface area contributed by atoms with Crippen LogP contribution in [0, 0.1) is 0 Å². The fourth-order valence-corrected chi connectivity index (χ4v) is 4.24. The van der Waals surface area contributed by atoms with Gasteiger partial charge in [-0.25, -0.2) is 4.90 Å². The molecule has 7 nitrogen and oxygen atoms in total. The molecule has 164 valence electrons. The molecule has 0 saturated heterocycles. The maximum Gasteiger partial charge on any atom is 0.282 e. The zero-order valence-corrected chi connectivity index (χ0v) is 18.7. The molecule has 2 aromatic carbocycles. The molecule has 2 heterocycles. The highest BCUT2D eigenvalue weighted by Gasteiger charge is 2.41. The van der Waals surface area contributed by atoms with Crippen molar-refractivity contribution >= 4 is 40.1 Å². The Morgan fingerprint density at radius 2 is 1.75 bits per heavy atom. The molecule has 8 heteroatoms. The van der Waals surface area contributed by atoms with Crippen molar-refractivity contribution < 1.29 is 23.8 Å². The van der Waals surface area contributed by atoms with Gasteiger partial charge in [-0.1, -0.05) is 12.1 Å². The fraction of sp³-hybridized carbons (Fsp3) is 0.167. The van der Waals surface area contributed by atoms with Gasteiger partial charge in [0.2, 0.25) is 0 Å². The summed E-state index contributed by atoms with van der Waals surface area (Å²) in [4.78, 5) is 28.8. The molecule has 0 saturated carbocycles. The molecule has 32 heavy (non-hydrogen) atoms. The van der Waals surface area contributed by atoms with Crippen LogP contribution in [-0.4, -0.2) is 32.6 Å². The maximum absolute atomic E-state index is 13.5. The van der Waals surface area contributed by atoms with Gasteiger partial charge in [0.15, 0.2) is 11.5 Å². The number of hydrogen-bond donors (Lipinski definition) is 1. The Morgan fingerprint density at radius 1 is 0.938 bits per heavy atom.